The van der Waals surface area contributed by atoms with Crippen LogP contribution in [0.4, 0.5) is 0 Å². The highest BCUT2D eigenvalue weighted by molar-refractivity contribution is 5.93. The van der Waals surface area contributed by atoms with E-state index in [-0.39, 0.29) is 16.7 Å². The molecule has 120 valence electrons. The molecule has 1 amide bonds. The maximum absolute atomic E-state index is 12.9. The Kier molecular flexibility index (Phi) is 4.02. The summed E-state index contributed by atoms with van der Waals surface area (Å²) in [6, 6.07) is 8.49. The predicted octanol–water partition coefficient (Wildman–Crippen LogP) is 2.87. The molecule has 1 atom stereocenters. The lowest BCUT2D eigenvalue weighted by Crippen LogP contribution is -2.41. The maximum Gasteiger partial charge on any atom is 0.231 e. The summed E-state index contributed by atoms with van der Waals surface area (Å²) in [6.45, 7) is 10.6. The van der Waals surface area contributed by atoms with Gasteiger partial charge >= 0.3 is 0 Å². The number of aryl methyl sites for hydroxylation is 1. The highest BCUT2D eigenvalue weighted by atomic mass is 16.2. The van der Waals surface area contributed by atoms with Crippen molar-refractivity contribution in [2.24, 2.45) is 5.41 Å². The van der Waals surface area contributed by atoms with Crippen LogP contribution in [-0.4, -0.2) is 37.0 Å². The molecule has 0 spiro atoms. The molecule has 1 aliphatic heterocycles. The number of amides is 1. The summed E-state index contributed by atoms with van der Waals surface area (Å²) >= 11 is 0. The molecular formula is C19H28N2O. The largest absolute Gasteiger partial charge is 0.354 e. The second kappa shape index (κ2) is 5.69. The van der Waals surface area contributed by atoms with Gasteiger partial charge in [0.1, 0.15) is 0 Å². The molecule has 0 bridgehead atoms. The fourth-order valence-corrected chi connectivity index (χ4v) is 3.95. The summed E-state index contributed by atoms with van der Waals surface area (Å²) in [5, 5.41) is 3.20. The fraction of sp³-hybridized carbons (Fsp3) is 0.632. The molecular weight excluding hydrogens is 272 g/mol. The molecule has 3 rings (SSSR count). The number of carbonyl (C=O) groups is 1. The van der Waals surface area contributed by atoms with Crippen LogP contribution in [0.15, 0.2) is 24.3 Å². The van der Waals surface area contributed by atoms with Crippen molar-refractivity contribution in [2.75, 3.05) is 26.2 Å². The number of hydrogen-bond acceptors (Lipinski definition) is 2. The Labute approximate surface area is 134 Å². The van der Waals surface area contributed by atoms with Crippen LogP contribution < -0.4 is 5.32 Å². The lowest BCUT2D eigenvalue weighted by molar-refractivity contribution is -0.124. The number of nitrogens with zero attached hydrogens (tertiary/aromatic N) is 1. The summed E-state index contributed by atoms with van der Waals surface area (Å²) in [6.07, 6.45) is 3.54. The Morgan fingerprint density at radius 2 is 1.77 bits per heavy atom. The number of carbonyl (C=O) groups excluding carboxylic acids is 1. The van der Waals surface area contributed by atoms with Gasteiger partial charge in [0.15, 0.2) is 0 Å². The molecule has 1 aromatic rings. The molecule has 3 nitrogen and oxygen atoms in total. The third kappa shape index (κ3) is 2.67. The monoisotopic (exact) mass is 300 g/mol. The van der Waals surface area contributed by atoms with Crippen molar-refractivity contribution in [1.29, 1.82) is 0 Å². The molecule has 3 heteroatoms. The smallest absolute Gasteiger partial charge is 0.231 e. The van der Waals surface area contributed by atoms with Crippen molar-refractivity contribution in [3.8, 4) is 0 Å². The highest BCUT2D eigenvalue weighted by Gasteiger charge is 2.66. The van der Waals surface area contributed by atoms with Crippen LogP contribution in [0.1, 0.15) is 44.2 Å². The number of rotatable bonds is 5. The zero-order chi connectivity index (χ0) is 15.8. The molecule has 0 unspecified atom stereocenters. The van der Waals surface area contributed by atoms with Crippen LogP contribution in [-0.2, 0) is 10.2 Å². The molecule has 0 radical (unpaired) electrons. The highest BCUT2D eigenvalue weighted by Crippen LogP contribution is 2.64. The van der Waals surface area contributed by atoms with Gasteiger partial charge in [0.05, 0.1) is 5.41 Å². The number of benzene rings is 1. The Morgan fingerprint density at radius 3 is 2.32 bits per heavy atom. The van der Waals surface area contributed by atoms with Crippen LogP contribution in [0.25, 0.3) is 0 Å². The maximum atomic E-state index is 12.9. The van der Waals surface area contributed by atoms with Crippen LogP contribution >= 0.6 is 0 Å². The Hall–Kier alpha value is -1.35. The molecule has 1 aliphatic carbocycles. The first-order valence-corrected chi connectivity index (χ1v) is 8.53. The van der Waals surface area contributed by atoms with E-state index >= 15 is 0 Å². The molecule has 2 fully saturated rings. The van der Waals surface area contributed by atoms with Gasteiger partial charge in [0.25, 0.3) is 0 Å². The Balaban J connectivity index is 1.66. The van der Waals surface area contributed by atoms with Gasteiger partial charge in [-0.25, -0.2) is 0 Å². The second-order valence-electron chi connectivity index (χ2n) is 7.64. The van der Waals surface area contributed by atoms with Crippen molar-refractivity contribution < 1.29 is 4.79 Å². The Morgan fingerprint density at radius 1 is 1.18 bits per heavy atom. The van der Waals surface area contributed by atoms with E-state index in [2.05, 4.69) is 55.3 Å². The molecule has 0 aromatic heterocycles. The van der Waals surface area contributed by atoms with E-state index in [9.17, 15) is 4.79 Å². The topological polar surface area (TPSA) is 32.3 Å². The quantitative estimate of drug-likeness (QED) is 0.907. The summed E-state index contributed by atoms with van der Waals surface area (Å²) in [5.41, 5.74) is 2.14. The van der Waals surface area contributed by atoms with Gasteiger partial charge in [-0.15, -0.1) is 0 Å². The minimum absolute atomic E-state index is 0.0555. The lowest BCUT2D eigenvalue weighted by atomic mass is 9.86. The van der Waals surface area contributed by atoms with Crippen molar-refractivity contribution in [3.05, 3.63) is 35.4 Å². The van der Waals surface area contributed by atoms with Crippen LogP contribution in [0, 0.1) is 12.3 Å². The van der Waals surface area contributed by atoms with Crippen LogP contribution in [0.5, 0.6) is 0 Å². The summed E-state index contributed by atoms with van der Waals surface area (Å²) in [4.78, 5) is 15.3. The van der Waals surface area contributed by atoms with Gasteiger partial charge in [-0.2, -0.15) is 0 Å². The first-order chi connectivity index (χ1) is 10.5. The second-order valence-corrected chi connectivity index (χ2v) is 7.64. The summed E-state index contributed by atoms with van der Waals surface area (Å²) in [5.74, 6) is 0.209. The van der Waals surface area contributed by atoms with E-state index in [0.717, 1.165) is 19.5 Å². The standard InChI is InChI=1S/C19H28N2O/c1-15-6-8-16(9-7-15)19(14-18(19,2)3)17(22)20-10-13-21-11-4-5-12-21/h6-9H,4-5,10-14H2,1-3H3,(H,20,22)/t19-/m0/s1. The van der Waals surface area contributed by atoms with Crippen molar-refractivity contribution in [2.45, 2.75) is 45.4 Å². The zero-order valence-corrected chi connectivity index (χ0v) is 14.1. The van der Waals surface area contributed by atoms with E-state index in [1.54, 1.807) is 0 Å². The van der Waals surface area contributed by atoms with E-state index in [0.29, 0.717) is 0 Å². The van der Waals surface area contributed by atoms with Gasteiger partial charge in [-0.05, 0) is 50.3 Å². The van der Waals surface area contributed by atoms with E-state index in [1.807, 2.05) is 0 Å². The van der Waals surface area contributed by atoms with Crippen LogP contribution in [0.2, 0.25) is 0 Å². The SMILES string of the molecule is Cc1ccc([C@]2(C(=O)NCCN3CCCC3)CC2(C)C)cc1. The third-order valence-electron chi connectivity index (χ3n) is 5.58. The van der Waals surface area contributed by atoms with Crippen molar-refractivity contribution in [3.63, 3.8) is 0 Å². The summed E-state index contributed by atoms with van der Waals surface area (Å²) < 4.78 is 0. The lowest BCUT2D eigenvalue weighted by Gasteiger charge is -2.22. The van der Waals surface area contributed by atoms with Gasteiger partial charge in [-0.1, -0.05) is 43.7 Å². The van der Waals surface area contributed by atoms with Gasteiger partial charge < -0.3 is 10.2 Å². The predicted molar refractivity (Wildman–Crippen MR) is 89.9 cm³/mol. The summed E-state index contributed by atoms with van der Waals surface area (Å²) in [7, 11) is 0. The fourth-order valence-electron chi connectivity index (χ4n) is 3.95. The first-order valence-electron chi connectivity index (χ1n) is 8.53. The van der Waals surface area contributed by atoms with Gasteiger partial charge in [0, 0.05) is 13.1 Å². The minimum atomic E-state index is -0.328. The molecule has 1 aromatic carbocycles. The first kappa shape index (κ1) is 15.5. The number of nitrogens with one attached hydrogen (secondary N) is 1. The molecule has 1 saturated heterocycles. The van der Waals surface area contributed by atoms with E-state index in [4.69, 9.17) is 0 Å². The normalized spacial score (nSPS) is 26.9. The molecule has 1 saturated carbocycles. The zero-order valence-electron chi connectivity index (χ0n) is 14.1. The minimum Gasteiger partial charge on any atom is -0.354 e. The van der Waals surface area contributed by atoms with E-state index < -0.39 is 0 Å². The van der Waals surface area contributed by atoms with Gasteiger partial charge in [-0.3, -0.25) is 4.79 Å². The number of hydrogen-bond donors (Lipinski definition) is 1. The third-order valence-corrected chi connectivity index (χ3v) is 5.58. The van der Waals surface area contributed by atoms with Crippen molar-refractivity contribution in [1.82, 2.24) is 10.2 Å². The number of likely N-dealkylation sites (tertiary alicyclic amines) is 1. The molecule has 1 heterocycles. The Bertz CT molecular complexity index is 543. The van der Waals surface area contributed by atoms with E-state index in [1.165, 1.54) is 37.1 Å². The molecule has 1 N–H and O–H groups in total. The van der Waals surface area contributed by atoms with Gasteiger partial charge in [0.2, 0.25) is 5.91 Å². The van der Waals surface area contributed by atoms with Crippen molar-refractivity contribution >= 4 is 5.91 Å². The average molecular weight is 300 g/mol. The molecule has 2 aliphatic rings. The molecule has 22 heavy (non-hydrogen) atoms. The average Bonchev–Trinajstić information content (AvgIpc) is 2.86. The van der Waals surface area contributed by atoms with Crippen LogP contribution in [0.3, 0.4) is 0 Å².